The maximum absolute atomic E-state index is 13.4. The Bertz CT molecular complexity index is 459. The van der Waals surface area contributed by atoms with Crippen molar-refractivity contribution in [2.45, 2.75) is 32.7 Å². The highest BCUT2D eigenvalue weighted by Gasteiger charge is 2.26. The molecule has 1 aromatic carbocycles. The van der Waals surface area contributed by atoms with Crippen LogP contribution in [0.3, 0.4) is 0 Å². The molecule has 1 aliphatic rings. The number of amides is 1. The zero-order valence-corrected chi connectivity index (χ0v) is 12.8. The molecule has 0 aromatic heterocycles. The van der Waals surface area contributed by atoms with Crippen LogP contribution < -0.4 is 5.73 Å². The first-order chi connectivity index (χ1) is 8.97. The molecular formula is C15H22ClFN2O. The van der Waals surface area contributed by atoms with Crippen LogP contribution in [0.25, 0.3) is 0 Å². The third-order valence-corrected chi connectivity index (χ3v) is 3.78. The Balaban J connectivity index is 0.00000200. The fourth-order valence-electron chi connectivity index (χ4n) is 2.67. The fourth-order valence-corrected chi connectivity index (χ4v) is 2.67. The number of carbonyl (C=O) groups is 1. The van der Waals surface area contributed by atoms with Gasteiger partial charge in [-0.05, 0) is 56.4 Å². The molecule has 2 unspecified atom stereocenters. The Hall–Kier alpha value is -1.13. The van der Waals surface area contributed by atoms with Gasteiger partial charge in [0.2, 0.25) is 0 Å². The molecule has 0 bridgehead atoms. The lowest BCUT2D eigenvalue weighted by atomic mass is 9.92. The second-order valence-corrected chi connectivity index (χ2v) is 5.53. The van der Waals surface area contributed by atoms with Crippen LogP contribution in [0.15, 0.2) is 18.2 Å². The lowest BCUT2D eigenvalue weighted by Crippen LogP contribution is -2.45. The van der Waals surface area contributed by atoms with Crippen molar-refractivity contribution in [2.24, 2.45) is 11.7 Å². The SMILES string of the molecule is Cc1cc(F)cc(C(=O)N2CCCC(C(C)N)C2)c1.Cl. The van der Waals surface area contributed by atoms with E-state index >= 15 is 0 Å². The summed E-state index contributed by atoms with van der Waals surface area (Å²) in [5, 5.41) is 0. The van der Waals surface area contributed by atoms with E-state index < -0.39 is 0 Å². The van der Waals surface area contributed by atoms with Gasteiger partial charge in [0.15, 0.2) is 0 Å². The topological polar surface area (TPSA) is 46.3 Å². The van der Waals surface area contributed by atoms with Crippen molar-refractivity contribution in [3.63, 3.8) is 0 Å². The molecule has 1 heterocycles. The number of likely N-dealkylation sites (tertiary alicyclic amines) is 1. The number of rotatable bonds is 2. The van der Waals surface area contributed by atoms with Crippen molar-refractivity contribution in [3.8, 4) is 0 Å². The highest BCUT2D eigenvalue weighted by molar-refractivity contribution is 5.94. The molecule has 0 spiro atoms. The van der Waals surface area contributed by atoms with Crippen molar-refractivity contribution in [1.29, 1.82) is 0 Å². The lowest BCUT2D eigenvalue weighted by Gasteiger charge is -2.34. The molecule has 0 aliphatic carbocycles. The first-order valence-corrected chi connectivity index (χ1v) is 6.79. The highest BCUT2D eigenvalue weighted by atomic mass is 35.5. The van der Waals surface area contributed by atoms with Crippen molar-refractivity contribution in [3.05, 3.63) is 35.1 Å². The van der Waals surface area contributed by atoms with Crippen LogP contribution in [0.1, 0.15) is 35.7 Å². The molecule has 1 aliphatic heterocycles. The van der Waals surface area contributed by atoms with Gasteiger partial charge in [-0.1, -0.05) is 0 Å². The Morgan fingerprint density at radius 1 is 1.45 bits per heavy atom. The third kappa shape index (κ3) is 3.93. The Kier molecular flexibility index (Phi) is 5.96. The largest absolute Gasteiger partial charge is 0.338 e. The maximum Gasteiger partial charge on any atom is 0.253 e. The maximum atomic E-state index is 13.4. The van der Waals surface area contributed by atoms with Gasteiger partial charge in [0.05, 0.1) is 0 Å². The zero-order valence-electron chi connectivity index (χ0n) is 11.9. The molecule has 0 radical (unpaired) electrons. The van der Waals surface area contributed by atoms with Gasteiger partial charge >= 0.3 is 0 Å². The number of piperidine rings is 1. The van der Waals surface area contributed by atoms with Gasteiger partial charge < -0.3 is 10.6 Å². The van der Waals surface area contributed by atoms with E-state index in [1.165, 1.54) is 12.1 Å². The molecule has 20 heavy (non-hydrogen) atoms. The number of benzene rings is 1. The summed E-state index contributed by atoms with van der Waals surface area (Å²) in [5.41, 5.74) is 7.12. The fraction of sp³-hybridized carbons (Fsp3) is 0.533. The van der Waals surface area contributed by atoms with Gasteiger partial charge in [0.1, 0.15) is 5.82 Å². The summed E-state index contributed by atoms with van der Waals surface area (Å²) in [6.45, 7) is 5.18. The van der Waals surface area contributed by atoms with E-state index in [4.69, 9.17) is 5.73 Å². The number of halogens is 2. The van der Waals surface area contributed by atoms with Crippen molar-refractivity contribution in [1.82, 2.24) is 4.90 Å². The molecule has 1 fully saturated rings. The van der Waals surface area contributed by atoms with Gasteiger partial charge in [-0.25, -0.2) is 4.39 Å². The molecular weight excluding hydrogens is 279 g/mol. The number of nitrogens with two attached hydrogens (primary N) is 1. The summed E-state index contributed by atoms with van der Waals surface area (Å²) in [6.07, 6.45) is 2.02. The van der Waals surface area contributed by atoms with E-state index in [1.54, 1.807) is 17.9 Å². The van der Waals surface area contributed by atoms with E-state index in [1.807, 2.05) is 6.92 Å². The predicted molar refractivity (Wildman–Crippen MR) is 80.7 cm³/mol. The van der Waals surface area contributed by atoms with Crippen molar-refractivity contribution >= 4 is 18.3 Å². The molecule has 0 saturated carbocycles. The second kappa shape index (κ2) is 7.04. The average molecular weight is 301 g/mol. The number of hydrogen-bond donors (Lipinski definition) is 1. The molecule has 1 saturated heterocycles. The van der Waals surface area contributed by atoms with Crippen molar-refractivity contribution < 1.29 is 9.18 Å². The molecule has 1 aromatic rings. The molecule has 112 valence electrons. The molecule has 2 N–H and O–H groups in total. The summed E-state index contributed by atoms with van der Waals surface area (Å²) >= 11 is 0. The van der Waals surface area contributed by atoms with Crippen LogP contribution >= 0.6 is 12.4 Å². The standard InChI is InChI=1S/C15H21FN2O.ClH/c1-10-6-13(8-14(16)7-10)15(19)18-5-3-4-12(9-18)11(2)17;/h6-8,11-12H,3-5,9,17H2,1-2H3;1H. The lowest BCUT2D eigenvalue weighted by molar-refractivity contribution is 0.0660. The van der Waals surface area contributed by atoms with Crippen LogP contribution in [0.4, 0.5) is 4.39 Å². The van der Waals surface area contributed by atoms with E-state index in [0.717, 1.165) is 24.9 Å². The van der Waals surface area contributed by atoms with Gasteiger partial charge in [-0.15, -0.1) is 12.4 Å². The third-order valence-electron chi connectivity index (χ3n) is 3.78. The Labute approximate surface area is 125 Å². The summed E-state index contributed by atoms with van der Waals surface area (Å²) in [4.78, 5) is 14.2. The van der Waals surface area contributed by atoms with Crippen LogP contribution in [0.5, 0.6) is 0 Å². The number of nitrogens with zero attached hydrogens (tertiary/aromatic N) is 1. The monoisotopic (exact) mass is 300 g/mol. The van der Waals surface area contributed by atoms with Gasteiger partial charge in [0.25, 0.3) is 5.91 Å². The smallest absolute Gasteiger partial charge is 0.253 e. The quantitative estimate of drug-likeness (QED) is 0.913. The number of carbonyl (C=O) groups excluding carboxylic acids is 1. The molecule has 2 rings (SSSR count). The van der Waals surface area contributed by atoms with Gasteiger partial charge in [-0.3, -0.25) is 4.79 Å². The van der Waals surface area contributed by atoms with Crippen molar-refractivity contribution in [2.75, 3.05) is 13.1 Å². The minimum atomic E-state index is -0.357. The van der Waals surface area contributed by atoms with Crippen LogP contribution in [0.2, 0.25) is 0 Å². The van der Waals surface area contributed by atoms with E-state index in [-0.39, 0.29) is 30.2 Å². The summed E-state index contributed by atoms with van der Waals surface area (Å²) in [7, 11) is 0. The Morgan fingerprint density at radius 3 is 2.75 bits per heavy atom. The number of hydrogen-bond acceptors (Lipinski definition) is 2. The predicted octanol–water partition coefficient (Wildman–Crippen LogP) is 2.76. The van der Waals surface area contributed by atoms with Crippen LogP contribution in [-0.4, -0.2) is 29.9 Å². The summed E-state index contributed by atoms with van der Waals surface area (Å²) < 4.78 is 13.4. The van der Waals surface area contributed by atoms with E-state index in [2.05, 4.69) is 0 Å². The van der Waals surface area contributed by atoms with Gasteiger partial charge in [0, 0.05) is 24.7 Å². The average Bonchev–Trinajstić information content (AvgIpc) is 2.37. The number of aryl methyl sites for hydroxylation is 1. The second-order valence-electron chi connectivity index (χ2n) is 5.53. The first-order valence-electron chi connectivity index (χ1n) is 6.79. The normalized spacial score (nSPS) is 20.2. The molecule has 3 nitrogen and oxygen atoms in total. The minimum Gasteiger partial charge on any atom is -0.338 e. The van der Waals surface area contributed by atoms with Crippen LogP contribution in [-0.2, 0) is 0 Å². The molecule has 2 atom stereocenters. The minimum absolute atomic E-state index is 0. The van der Waals surface area contributed by atoms with E-state index in [9.17, 15) is 9.18 Å². The molecule has 5 heteroatoms. The Morgan fingerprint density at radius 2 is 2.15 bits per heavy atom. The first kappa shape index (κ1) is 16.9. The summed E-state index contributed by atoms with van der Waals surface area (Å²) in [5.74, 6) is -0.107. The van der Waals surface area contributed by atoms with E-state index in [0.29, 0.717) is 18.0 Å². The molecule has 1 amide bonds. The van der Waals surface area contributed by atoms with Crippen LogP contribution in [0, 0.1) is 18.7 Å². The zero-order chi connectivity index (χ0) is 14.0. The van der Waals surface area contributed by atoms with Gasteiger partial charge in [-0.2, -0.15) is 0 Å². The summed E-state index contributed by atoms with van der Waals surface area (Å²) in [6, 6.07) is 4.56. The highest BCUT2D eigenvalue weighted by Crippen LogP contribution is 2.21.